The lowest BCUT2D eigenvalue weighted by Crippen LogP contribution is -2.09. The molecular weight excluding hydrogens is 356 g/mol. The van der Waals surface area contributed by atoms with E-state index in [-0.39, 0.29) is 16.9 Å². The number of hydrogen-bond donors (Lipinski definition) is 0. The van der Waals surface area contributed by atoms with Crippen molar-refractivity contribution in [1.82, 2.24) is 0 Å². The van der Waals surface area contributed by atoms with Gasteiger partial charge in [0.15, 0.2) is 0 Å². The minimum absolute atomic E-state index is 0.0711. The molecular formula is C17H8N4O6. The van der Waals surface area contributed by atoms with Crippen LogP contribution in [0.4, 0.5) is 11.4 Å². The number of esters is 1. The molecule has 0 saturated heterocycles. The first-order valence-electron chi connectivity index (χ1n) is 7.12. The van der Waals surface area contributed by atoms with E-state index in [0.29, 0.717) is 5.56 Å². The number of rotatable bonds is 5. The largest absolute Gasteiger partial charge is 0.423 e. The highest BCUT2D eigenvalue weighted by molar-refractivity contribution is 5.92. The zero-order valence-corrected chi connectivity index (χ0v) is 13.4. The van der Waals surface area contributed by atoms with Gasteiger partial charge in [0.2, 0.25) is 0 Å². The second-order valence-electron chi connectivity index (χ2n) is 4.99. The molecule has 0 amide bonds. The quantitative estimate of drug-likeness (QED) is 0.257. The fraction of sp³-hybridized carbons (Fsp3) is 0. The van der Waals surface area contributed by atoms with Gasteiger partial charge < -0.3 is 4.74 Å². The first-order valence-corrected chi connectivity index (χ1v) is 7.12. The van der Waals surface area contributed by atoms with Crippen LogP contribution >= 0.6 is 0 Å². The fourth-order valence-electron chi connectivity index (χ4n) is 1.98. The summed E-state index contributed by atoms with van der Waals surface area (Å²) in [6.07, 6.45) is 1.33. The van der Waals surface area contributed by atoms with E-state index >= 15 is 0 Å². The summed E-state index contributed by atoms with van der Waals surface area (Å²) in [5, 5.41) is 39.1. The normalized spacial score (nSPS) is 9.41. The van der Waals surface area contributed by atoms with Crippen LogP contribution in [0.3, 0.4) is 0 Å². The molecule has 0 N–H and O–H groups in total. The average Bonchev–Trinajstić information content (AvgIpc) is 2.66. The molecule has 0 aromatic heterocycles. The van der Waals surface area contributed by atoms with Gasteiger partial charge in [-0.3, -0.25) is 20.2 Å². The third-order valence-electron chi connectivity index (χ3n) is 3.20. The Kier molecular flexibility index (Phi) is 5.56. The van der Waals surface area contributed by atoms with E-state index in [2.05, 4.69) is 0 Å². The van der Waals surface area contributed by atoms with Gasteiger partial charge in [-0.2, -0.15) is 10.5 Å². The van der Waals surface area contributed by atoms with E-state index in [1.165, 1.54) is 30.3 Å². The topological polar surface area (TPSA) is 160 Å². The zero-order valence-electron chi connectivity index (χ0n) is 13.4. The Balaban J connectivity index is 2.26. The van der Waals surface area contributed by atoms with E-state index in [0.717, 1.165) is 18.2 Å². The molecule has 0 heterocycles. The third-order valence-corrected chi connectivity index (χ3v) is 3.20. The van der Waals surface area contributed by atoms with Crippen LogP contribution in [0.2, 0.25) is 0 Å². The summed E-state index contributed by atoms with van der Waals surface area (Å²) in [6.45, 7) is 0. The Morgan fingerprint density at radius 3 is 1.93 bits per heavy atom. The predicted molar refractivity (Wildman–Crippen MR) is 90.4 cm³/mol. The highest BCUT2D eigenvalue weighted by Gasteiger charge is 2.21. The molecule has 0 atom stereocenters. The third kappa shape index (κ3) is 4.71. The summed E-state index contributed by atoms with van der Waals surface area (Å²) < 4.78 is 5.05. The van der Waals surface area contributed by atoms with E-state index in [1.54, 1.807) is 12.1 Å². The number of allylic oxidation sites excluding steroid dienone is 1. The molecule has 0 radical (unpaired) electrons. The van der Waals surface area contributed by atoms with Gasteiger partial charge in [-0.1, -0.05) is 12.1 Å². The van der Waals surface area contributed by atoms with Crippen molar-refractivity contribution in [2.24, 2.45) is 0 Å². The lowest BCUT2D eigenvalue weighted by atomic mass is 10.1. The smallest absolute Gasteiger partial charge is 0.344 e. The molecule has 2 aromatic rings. The van der Waals surface area contributed by atoms with Gasteiger partial charge >= 0.3 is 5.97 Å². The molecule has 0 fully saturated rings. The molecule has 0 aliphatic rings. The van der Waals surface area contributed by atoms with Gasteiger partial charge in [0, 0.05) is 12.1 Å². The minimum atomic E-state index is -1.01. The van der Waals surface area contributed by atoms with Gasteiger partial charge in [-0.15, -0.1) is 0 Å². The van der Waals surface area contributed by atoms with Crippen molar-refractivity contribution in [3.8, 4) is 17.9 Å². The number of nitro benzene ring substituents is 2. The molecule has 0 aliphatic carbocycles. The molecule has 0 bridgehead atoms. The average molecular weight is 364 g/mol. The molecule has 2 aromatic carbocycles. The van der Waals surface area contributed by atoms with Crippen molar-refractivity contribution in [1.29, 1.82) is 10.5 Å². The number of carbonyl (C=O) groups excluding carboxylic acids is 1. The Hall–Kier alpha value is -4.57. The number of hydrogen-bond acceptors (Lipinski definition) is 8. The van der Waals surface area contributed by atoms with Crippen molar-refractivity contribution >= 4 is 23.4 Å². The summed E-state index contributed by atoms with van der Waals surface area (Å²) in [6, 6.07) is 11.6. The molecule has 0 spiro atoms. The van der Waals surface area contributed by atoms with E-state index < -0.39 is 27.2 Å². The number of benzene rings is 2. The molecule has 0 saturated carbocycles. The number of non-ortho nitro benzene ring substituents is 2. The SMILES string of the molecule is N#CC(C#N)=Cc1ccc(OC(=O)c2cc([N+](=O)[O-])cc([N+](=O)[O-])c2)cc1. The zero-order chi connectivity index (χ0) is 20.0. The summed E-state index contributed by atoms with van der Waals surface area (Å²) in [5.41, 5.74) is -1.17. The first kappa shape index (κ1) is 18.8. The van der Waals surface area contributed by atoms with Crippen molar-refractivity contribution in [3.05, 3.63) is 79.4 Å². The van der Waals surface area contributed by atoms with E-state index in [1.807, 2.05) is 0 Å². The van der Waals surface area contributed by atoms with Crippen molar-refractivity contribution < 1.29 is 19.4 Å². The molecule has 2 rings (SSSR count). The Morgan fingerprint density at radius 2 is 1.48 bits per heavy atom. The Labute approximate surface area is 151 Å². The predicted octanol–water partition coefficient (Wildman–Crippen LogP) is 3.15. The van der Waals surface area contributed by atoms with Gasteiger partial charge in [-0.25, -0.2) is 4.79 Å². The highest BCUT2D eigenvalue weighted by atomic mass is 16.6. The standard InChI is InChI=1S/C17H8N4O6/c18-9-12(10-19)5-11-1-3-16(4-2-11)27-17(22)13-6-14(20(23)24)8-15(7-13)21(25)26/h1-8H. The van der Waals surface area contributed by atoms with Crippen LogP contribution in [0.15, 0.2) is 48.0 Å². The van der Waals surface area contributed by atoms with Crippen LogP contribution < -0.4 is 4.74 Å². The first-order chi connectivity index (χ1) is 12.8. The molecule has 0 unspecified atom stereocenters. The van der Waals surface area contributed by atoms with Crippen LogP contribution in [-0.2, 0) is 0 Å². The second kappa shape index (κ2) is 8.00. The summed E-state index contributed by atoms with van der Waals surface area (Å²) in [7, 11) is 0. The monoisotopic (exact) mass is 364 g/mol. The molecule has 0 aliphatic heterocycles. The maximum Gasteiger partial charge on any atom is 0.344 e. The lowest BCUT2D eigenvalue weighted by Gasteiger charge is -2.05. The summed E-state index contributed by atoms with van der Waals surface area (Å²) >= 11 is 0. The van der Waals surface area contributed by atoms with E-state index in [9.17, 15) is 25.0 Å². The number of nitriles is 2. The van der Waals surface area contributed by atoms with Crippen molar-refractivity contribution in [3.63, 3.8) is 0 Å². The van der Waals surface area contributed by atoms with Crippen LogP contribution in [0, 0.1) is 42.9 Å². The molecule has 10 nitrogen and oxygen atoms in total. The van der Waals surface area contributed by atoms with Crippen LogP contribution in [0.5, 0.6) is 5.75 Å². The molecule has 10 heteroatoms. The maximum absolute atomic E-state index is 12.2. The van der Waals surface area contributed by atoms with Crippen LogP contribution in [0.1, 0.15) is 15.9 Å². The molecule has 132 valence electrons. The van der Waals surface area contributed by atoms with Crippen molar-refractivity contribution in [2.75, 3.05) is 0 Å². The van der Waals surface area contributed by atoms with E-state index in [4.69, 9.17) is 15.3 Å². The second-order valence-corrected chi connectivity index (χ2v) is 4.99. The number of nitro groups is 2. The Morgan fingerprint density at radius 1 is 0.963 bits per heavy atom. The number of nitrogens with zero attached hydrogens (tertiary/aromatic N) is 4. The van der Waals surface area contributed by atoms with Gasteiger partial charge in [-0.05, 0) is 23.8 Å². The van der Waals surface area contributed by atoms with Crippen LogP contribution in [-0.4, -0.2) is 15.8 Å². The minimum Gasteiger partial charge on any atom is -0.423 e. The van der Waals surface area contributed by atoms with Gasteiger partial charge in [0.25, 0.3) is 11.4 Å². The van der Waals surface area contributed by atoms with Crippen molar-refractivity contribution in [2.45, 2.75) is 0 Å². The maximum atomic E-state index is 12.2. The highest BCUT2D eigenvalue weighted by Crippen LogP contribution is 2.24. The fourth-order valence-corrected chi connectivity index (χ4v) is 1.98. The summed E-state index contributed by atoms with van der Waals surface area (Å²) in [5.74, 6) is -0.943. The Bertz CT molecular complexity index is 996. The number of ether oxygens (including phenoxy) is 1. The van der Waals surface area contributed by atoms with Gasteiger partial charge in [0.05, 0.1) is 21.5 Å². The lowest BCUT2D eigenvalue weighted by molar-refractivity contribution is -0.394. The summed E-state index contributed by atoms with van der Waals surface area (Å²) in [4.78, 5) is 32.2. The van der Waals surface area contributed by atoms with Gasteiger partial charge in [0.1, 0.15) is 23.5 Å². The number of carbonyl (C=O) groups is 1. The van der Waals surface area contributed by atoms with Crippen LogP contribution in [0.25, 0.3) is 6.08 Å². The molecule has 27 heavy (non-hydrogen) atoms.